The second kappa shape index (κ2) is 7.94. The summed E-state index contributed by atoms with van der Waals surface area (Å²) < 4.78 is 0. The Labute approximate surface area is 143 Å². The van der Waals surface area contributed by atoms with Crippen LogP contribution in [0.4, 0.5) is 0 Å². The topological polar surface area (TPSA) is 59.6 Å². The number of aromatic amines is 1. The van der Waals surface area contributed by atoms with E-state index in [9.17, 15) is 9.59 Å². The molecule has 2 aliphatic heterocycles. The number of nitrogens with zero attached hydrogens (tertiary/aromatic N) is 3. The first-order valence-corrected chi connectivity index (χ1v) is 9.05. The molecule has 6 heteroatoms. The Kier molecular flexibility index (Phi) is 5.68. The number of carbonyl (C=O) groups is 1. The van der Waals surface area contributed by atoms with Crippen LogP contribution in [-0.2, 0) is 0 Å². The van der Waals surface area contributed by atoms with Crippen LogP contribution in [0.25, 0.3) is 0 Å². The van der Waals surface area contributed by atoms with Gasteiger partial charge in [0.15, 0.2) is 0 Å². The molecule has 0 radical (unpaired) electrons. The Morgan fingerprint density at radius 2 is 1.96 bits per heavy atom. The van der Waals surface area contributed by atoms with Gasteiger partial charge in [-0.25, -0.2) is 0 Å². The van der Waals surface area contributed by atoms with Gasteiger partial charge in [-0.15, -0.1) is 0 Å². The number of carbonyl (C=O) groups excluding carboxylic acids is 1. The van der Waals surface area contributed by atoms with E-state index in [2.05, 4.69) is 21.8 Å². The summed E-state index contributed by atoms with van der Waals surface area (Å²) in [5, 5.41) is 0. The van der Waals surface area contributed by atoms with Crippen LogP contribution in [0.2, 0.25) is 0 Å². The van der Waals surface area contributed by atoms with Crippen molar-refractivity contribution in [3.8, 4) is 0 Å². The predicted molar refractivity (Wildman–Crippen MR) is 94.3 cm³/mol. The van der Waals surface area contributed by atoms with Gasteiger partial charge >= 0.3 is 0 Å². The average molecular weight is 332 g/mol. The van der Waals surface area contributed by atoms with E-state index in [0.717, 1.165) is 58.5 Å². The lowest BCUT2D eigenvalue weighted by Gasteiger charge is -2.38. The fourth-order valence-corrected chi connectivity index (χ4v) is 3.70. The molecule has 1 aromatic rings. The van der Waals surface area contributed by atoms with E-state index in [1.165, 1.54) is 12.5 Å². The summed E-state index contributed by atoms with van der Waals surface area (Å²) in [5.74, 6) is -0.0317. The smallest absolute Gasteiger partial charge is 0.270 e. The normalized spacial score (nSPS) is 23.4. The number of nitrogens with one attached hydrogen (secondary N) is 1. The second-order valence-corrected chi connectivity index (χ2v) is 7.01. The van der Waals surface area contributed by atoms with Gasteiger partial charge in [0.25, 0.3) is 5.91 Å². The van der Waals surface area contributed by atoms with Crippen LogP contribution >= 0.6 is 0 Å². The van der Waals surface area contributed by atoms with Crippen molar-refractivity contribution < 1.29 is 4.79 Å². The molecule has 3 rings (SSSR count). The van der Waals surface area contributed by atoms with Crippen LogP contribution in [0.5, 0.6) is 0 Å². The van der Waals surface area contributed by atoms with Crippen molar-refractivity contribution in [1.82, 2.24) is 19.7 Å². The second-order valence-electron chi connectivity index (χ2n) is 7.01. The van der Waals surface area contributed by atoms with Gasteiger partial charge in [-0.1, -0.05) is 6.07 Å². The fourth-order valence-electron chi connectivity index (χ4n) is 3.70. The molecule has 0 aromatic carbocycles. The number of likely N-dealkylation sites (tertiary alicyclic amines) is 1. The summed E-state index contributed by atoms with van der Waals surface area (Å²) in [6, 6.07) is 5.08. The van der Waals surface area contributed by atoms with Crippen LogP contribution in [-0.4, -0.2) is 77.9 Å². The molecule has 132 valence electrons. The standard InChI is InChI=1S/C18H28N4O2/c1-20-11-13-21(14-12-20)10-8-15-5-2-3-9-22(15)18(24)16-6-4-7-17(23)19-16/h4,6-7,15H,2-3,5,8-14H2,1H3,(H,19,23). The average Bonchev–Trinajstić information content (AvgIpc) is 2.61. The highest BCUT2D eigenvalue weighted by atomic mass is 16.2. The molecule has 3 heterocycles. The summed E-state index contributed by atoms with van der Waals surface area (Å²) in [4.78, 5) is 33.8. The first-order chi connectivity index (χ1) is 11.6. The van der Waals surface area contributed by atoms with Crippen molar-refractivity contribution in [3.63, 3.8) is 0 Å². The van der Waals surface area contributed by atoms with Gasteiger partial charge in [-0.05, 0) is 38.8 Å². The maximum Gasteiger partial charge on any atom is 0.270 e. The largest absolute Gasteiger partial charge is 0.334 e. The number of pyridine rings is 1. The molecule has 2 fully saturated rings. The molecule has 6 nitrogen and oxygen atoms in total. The molecule has 1 atom stereocenters. The first kappa shape index (κ1) is 17.2. The summed E-state index contributed by atoms with van der Waals surface area (Å²) in [6.45, 7) is 6.32. The fraction of sp³-hybridized carbons (Fsp3) is 0.667. The van der Waals surface area contributed by atoms with Crippen molar-refractivity contribution in [2.75, 3.05) is 46.3 Å². The van der Waals surface area contributed by atoms with Crippen LogP contribution in [0, 0.1) is 0 Å². The van der Waals surface area contributed by atoms with Gasteiger partial charge in [-0.2, -0.15) is 0 Å². The van der Waals surface area contributed by atoms with E-state index in [1.807, 2.05) is 4.90 Å². The molecule has 2 saturated heterocycles. The van der Waals surface area contributed by atoms with E-state index in [0.29, 0.717) is 5.69 Å². The number of hydrogen-bond donors (Lipinski definition) is 1. The number of H-pyrrole nitrogens is 1. The van der Waals surface area contributed by atoms with E-state index in [-0.39, 0.29) is 17.5 Å². The minimum Gasteiger partial charge on any atom is -0.334 e. The molecule has 0 bridgehead atoms. The minimum atomic E-state index is -0.216. The lowest BCUT2D eigenvalue weighted by atomic mass is 9.98. The zero-order valence-electron chi connectivity index (χ0n) is 14.5. The summed E-state index contributed by atoms with van der Waals surface area (Å²) in [7, 11) is 2.17. The summed E-state index contributed by atoms with van der Waals surface area (Å²) >= 11 is 0. The zero-order chi connectivity index (χ0) is 16.9. The molecule has 1 aromatic heterocycles. The molecule has 0 spiro atoms. The van der Waals surface area contributed by atoms with Crippen LogP contribution in [0.3, 0.4) is 0 Å². The quantitative estimate of drug-likeness (QED) is 0.894. The third-order valence-corrected chi connectivity index (χ3v) is 5.26. The molecule has 1 amide bonds. The molecular formula is C18H28N4O2. The Bertz CT molecular complexity index is 607. The number of likely N-dealkylation sites (N-methyl/N-ethyl adjacent to an activating group) is 1. The highest BCUT2D eigenvalue weighted by molar-refractivity contribution is 5.92. The number of aromatic nitrogens is 1. The number of piperidine rings is 1. The Morgan fingerprint density at radius 1 is 1.17 bits per heavy atom. The first-order valence-electron chi connectivity index (χ1n) is 9.05. The summed E-state index contributed by atoms with van der Waals surface area (Å²) in [6.07, 6.45) is 4.32. The maximum atomic E-state index is 12.8. The molecule has 0 saturated carbocycles. The van der Waals surface area contributed by atoms with Crippen molar-refractivity contribution in [3.05, 3.63) is 34.2 Å². The van der Waals surface area contributed by atoms with Gasteiger partial charge in [0.1, 0.15) is 5.69 Å². The molecule has 1 N–H and O–H groups in total. The Balaban J connectivity index is 1.60. The molecule has 24 heavy (non-hydrogen) atoms. The lowest BCUT2D eigenvalue weighted by molar-refractivity contribution is 0.0563. The molecule has 0 aliphatic carbocycles. The minimum absolute atomic E-state index is 0.0317. The third kappa shape index (κ3) is 4.24. The maximum absolute atomic E-state index is 12.8. The van der Waals surface area contributed by atoms with Crippen molar-refractivity contribution in [2.24, 2.45) is 0 Å². The van der Waals surface area contributed by atoms with Crippen LogP contribution < -0.4 is 5.56 Å². The lowest BCUT2D eigenvalue weighted by Crippen LogP contribution is -2.48. The zero-order valence-corrected chi connectivity index (χ0v) is 14.5. The Morgan fingerprint density at radius 3 is 2.71 bits per heavy atom. The molecule has 1 unspecified atom stereocenters. The van der Waals surface area contributed by atoms with E-state index >= 15 is 0 Å². The monoisotopic (exact) mass is 332 g/mol. The molecular weight excluding hydrogens is 304 g/mol. The van der Waals surface area contributed by atoms with E-state index in [4.69, 9.17) is 0 Å². The number of piperazine rings is 1. The van der Waals surface area contributed by atoms with Gasteiger partial charge < -0.3 is 19.7 Å². The third-order valence-electron chi connectivity index (χ3n) is 5.26. The number of rotatable bonds is 4. The van der Waals surface area contributed by atoms with Crippen molar-refractivity contribution >= 4 is 5.91 Å². The van der Waals surface area contributed by atoms with Gasteiger partial charge in [-0.3, -0.25) is 9.59 Å². The van der Waals surface area contributed by atoms with E-state index < -0.39 is 0 Å². The number of amides is 1. The molecule has 2 aliphatic rings. The predicted octanol–water partition coefficient (Wildman–Crippen LogP) is 1.01. The van der Waals surface area contributed by atoms with Gasteiger partial charge in [0, 0.05) is 51.4 Å². The highest BCUT2D eigenvalue weighted by Crippen LogP contribution is 2.22. The SMILES string of the molecule is CN1CCN(CCC2CCCCN2C(=O)c2cccc(=O)[nH]2)CC1. The van der Waals surface area contributed by atoms with Crippen LogP contribution in [0.15, 0.2) is 23.0 Å². The van der Waals surface area contributed by atoms with E-state index in [1.54, 1.807) is 12.1 Å². The Hall–Kier alpha value is -1.66. The van der Waals surface area contributed by atoms with Crippen molar-refractivity contribution in [2.45, 2.75) is 31.7 Å². The van der Waals surface area contributed by atoms with Crippen LogP contribution in [0.1, 0.15) is 36.2 Å². The van der Waals surface area contributed by atoms with Crippen molar-refractivity contribution in [1.29, 1.82) is 0 Å². The van der Waals surface area contributed by atoms with Gasteiger partial charge in [0.2, 0.25) is 5.56 Å². The summed E-state index contributed by atoms with van der Waals surface area (Å²) in [5.41, 5.74) is 0.195. The van der Waals surface area contributed by atoms with Gasteiger partial charge in [0.05, 0.1) is 0 Å². The number of hydrogen-bond acceptors (Lipinski definition) is 4. The highest BCUT2D eigenvalue weighted by Gasteiger charge is 2.28.